The van der Waals surface area contributed by atoms with Crippen LogP contribution in [0.2, 0.25) is 0 Å². The second kappa shape index (κ2) is 7.10. The summed E-state index contributed by atoms with van der Waals surface area (Å²) >= 11 is 0. The number of amides is 1. The molecule has 1 saturated heterocycles. The van der Waals surface area contributed by atoms with Gasteiger partial charge < -0.3 is 15.0 Å². The summed E-state index contributed by atoms with van der Waals surface area (Å²) in [6.45, 7) is 2.36. The van der Waals surface area contributed by atoms with Gasteiger partial charge in [0.25, 0.3) is 0 Å². The van der Waals surface area contributed by atoms with E-state index in [0.29, 0.717) is 18.7 Å². The molecule has 0 aromatic rings. The Morgan fingerprint density at radius 2 is 1.89 bits per heavy atom. The van der Waals surface area contributed by atoms with Gasteiger partial charge in [-0.2, -0.15) is 0 Å². The molecule has 18 heavy (non-hydrogen) atoms. The summed E-state index contributed by atoms with van der Waals surface area (Å²) in [6, 6.07) is 0.367. The number of nitrogens with one attached hydrogen (secondary N) is 1. The van der Waals surface area contributed by atoms with E-state index < -0.39 is 0 Å². The Kier molecular flexibility index (Phi) is 5.45. The third-order valence-electron chi connectivity index (χ3n) is 4.23. The number of hydrogen-bond donors (Lipinski definition) is 1. The average Bonchev–Trinajstić information content (AvgIpc) is 2.67. The summed E-state index contributed by atoms with van der Waals surface area (Å²) in [5.74, 6) is 0.263. The normalized spacial score (nSPS) is 29.3. The summed E-state index contributed by atoms with van der Waals surface area (Å²) in [5, 5.41) is 3.38. The van der Waals surface area contributed by atoms with Gasteiger partial charge in [0.1, 0.15) is 0 Å². The first kappa shape index (κ1) is 13.8. The Labute approximate surface area is 110 Å². The number of rotatable bonds is 4. The zero-order chi connectivity index (χ0) is 12.8. The highest BCUT2D eigenvalue weighted by molar-refractivity contribution is 5.78. The number of carbonyl (C=O) groups is 1. The Hall–Kier alpha value is -0.610. The van der Waals surface area contributed by atoms with Crippen LogP contribution in [0.4, 0.5) is 0 Å². The third-order valence-corrected chi connectivity index (χ3v) is 4.23. The maximum Gasteiger partial charge on any atom is 0.236 e. The van der Waals surface area contributed by atoms with Crippen molar-refractivity contribution in [1.29, 1.82) is 0 Å². The fourth-order valence-corrected chi connectivity index (χ4v) is 3.09. The van der Waals surface area contributed by atoms with Gasteiger partial charge in [0, 0.05) is 26.2 Å². The molecule has 1 aliphatic heterocycles. The highest BCUT2D eigenvalue weighted by atomic mass is 16.5. The molecular formula is C14H26N2O2. The molecule has 104 valence electrons. The van der Waals surface area contributed by atoms with Crippen LogP contribution in [0.5, 0.6) is 0 Å². The van der Waals surface area contributed by atoms with Crippen molar-refractivity contribution in [2.75, 3.05) is 26.7 Å². The minimum absolute atomic E-state index is 0.263. The first-order chi connectivity index (χ1) is 8.81. The van der Waals surface area contributed by atoms with E-state index in [-0.39, 0.29) is 5.91 Å². The number of hydrogen-bond acceptors (Lipinski definition) is 3. The molecule has 1 aliphatic carbocycles. The number of likely N-dealkylation sites (tertiary alicyclic amines) is 1. The Balaban J connectivity index is 1.73. The highest BCUT2D eigenvalue weighted by Crippen LogP contribution is 2.21. The van der Waals surface area contributed by atoms with Gasteiger partial charge in [-0.25, -0.2) is 0 Å². The molecule has 2 rings (SSSR count). The fourth-order valence-electron chi connectivity index (χ4n) is 3.09. The first-order valence-corrected chi connectivity index (χ1v) is 7.35. The molecule has 2 aliphatic rings. The van der Waals surface area contributed by atoms with Crippen LogP contribution in [0, 0.1) is 0 Å². The minimum Gasteiger partial charge on any atom is -0.380 e. The Bertz CT molecular complexity index is 263. The maximum atomic E-state index is 12.1. The lowest BCUT2D eigenvalue weighted by Crippen LogP contribution is -2.44. The first-order valence-electron chi connectivity index (χ1n) is 7.35. The number of carbonyl (C=O) groups excluding carboxylic acids is 1. The molecule has 1 saturated carbocycles. The van der Waals surface area contributed by atoms with Crippen molar-refractivity contribution in [1.82, 2.24) is 10.2 Å². The molecule has 2 unspecified atom stereocenters. The van der Waals surface area contributed by atoms with Crippen LogP contribution in [0.25, 0.3) is 0 Å². The van der Waals surface area contributed by atoms with Gasteiger partial charge >= 0.3 is 0 Å². The summed E-state index contributed by atoms with van der Waals surface area (Å²) < 4.78 is 5.43. The zero-order valence-electron chi connectivity index (χ0n) is 11.5. The summed E-state index contributed by atoms with van der Waals surface area (Å²) in [6.07, 6.45) is 8.61. The molecule has 1 amide bonds. The number of ether oxygens (including phenoxy) is 1. The molecule has 0 aromatic heterocycles. The molecule has 1 heterocycles. The molecule has 4 heteroatoms. The van der Waals surface area contributed by atoms with Crippen LogP contribution in [0.15, 0.2) is 0 Å². The van der Waals surface area contributed by atoms with Crippen LogP contribution in [-0.2, 0) is 9.53 Å². The predicted molar refractivity (Wildman–Crippen MR) is 71.5 cm³/mol. The van der Waals surface area contributed by atoms with Gasteiger partial charge in [-0.3, -0.25) is 4.79 Å². The van der Waals surface area contributed by atoms with Crippen molar-refractivity contribution in [3.63, 3.8) is 0 Å². The lowest BCUT2D eigenvalue weighted by atomic mass is 10.2. The van der Waals surface area contributed by atoms with Crippen molar-refractivity contribution in [2.45, 2.75) is 57.1 Å². The largest absolute Gasteiger partial charge is 0.380 e. The van der Waals surface area contributed by atoms with Crippen molar-refractivity contribution in [3.8, 4) is 0 Å². The molecule has 4 nitrogen and oxygen atoms in total. The molecule has 1 N–H and O–H groups in total. The smallest absolute Gasteiger partial charge is 0.236 e. The van der Waals surface area contributed by atoms with Gasteiger partial charge in [-0.15, -0.1) is 0 Å². The Morgan fingerprint density at radius 3 is 2.56 bits per heavy atom. The summed E-state index contributed by atoms with van der Waals surface area (Å²) in [7, 11) is 1.77. The second-order valence-electron chi connectivity index (χ2n) is 5.49. The third kappa shape index (κ3) is 3.69. The van der Waals surface area contributed by atoms with Crippen molar-refractivity contribution in [3.05, 3.63) is 0 Å². The molecule has 0 aromatic carbocycles. The molecule has 2 atom stereocenters. The monoisotopic (exact) mass is 254 g/mol. The van der Waals surface area contributed by atoms with Gasteiger partial charge in [-0.05, 0) is 32.1 Å². The molecular weight excluding hydrogens is 228 g/mol. The van der Waals surface area contributed by atoms with E-state index in [4.69, 9.17) is 4.74 Å². The lowest BCUT2D eigenvalue weighted by molar-refractivity contribution is -0.130. The van der Waals surface area contributed by atoms with Gasteiger partial charge in [0.15, 0.2) is 0 Å². The zero-order valence-corrected chi connectivity index (χ0v) is 11.5. The van der Waals surface area contributed by atoms with Crippen LogP contribution < -0.4 is 5.32 Å². The second-order valence-corrected chi connectivity index (χ2v) is 5.49. The highest BCUT2D eigenvalue weighted by Gasteiger charge is 2.27. The van der Waals surface area contributed by atoms with Crippen LogP contribution in [0.1, 0.15) is 44.9 Å². The Morgan fingerprint density at radius 1 is 1.17 bits per heavy atom. The molecule has 0 spiro atoms. The van der Waals surface area contributed by atoms with Crippen LogP contribution >= 0.6 is 0 Å². The topological polar surface area (TPSA) is 41.6 Å². The van der Waals surface area contributed by atoms with Gasteiger partial charge in [0.05, 0.1) is 12.6 Å². The van der Waals surface area contributed by atoms with E-state index in [2.05, 4.69) is 5.32 Å². The quantitative estimate of drug-likeness (QED) is 0.827. The van der Waals surface area contributed by atoms with E-state index in [1.165, 1.54) is 19.3 Å². The van der Waals surface area contributed by atoms with Crippen molar-refractivity contribution >= 4 is 5.91 Å². The van der Waals surface area contributed by atoms with E-state index >= 15 is 0 Å². The fraction of sp³-hybridized carbons (Fsp3) is 0.929. The standard InChI is InChI=1S/C14H26N2O2/c1-18-13-8-6-7-12(13)15-11-14(17)16-9-4-2-3-5-10-16/h12-13,15H,2-11H2,1H3. The average molecular weight is 254 g/mol. The van der Waals surface area contributed by atoms with E-state index in [1.807, 2.05) is 4.90 Å². The van der Waals surface area contributed by atoms with Crippen molar-refractivity contribution in [2.24, 2.45) is 0 Å². The molecule has 0 bridgehead atoms. The van der Waals surface area contributed by atoms with E-state index in [0.717, 1.165) is 38.8 Å². The van der Waals surface area contributed by atoms with Crippen molar-refractivity contribution < 1.29 is 9.53 Å². The summed E-state index contributed by atoms with van der Waals surface area (Å²) in [4.78, 5) is 14.1. The summed E-state index contributed by atoms with van der Waals surface area (Å²) in [5.41, 5.74) is 0. The van der Waals surface area contributed by atoms with Crippen LogP contribution in [-0.4, -0.2) is 49.7 Å². The van der Waals surface area contributed by atoms with E-state index in [1.54, 1.807) is 7.11 Å². The van der Waals surface area contributed by atoms with Gasteiger partial charge in [0.2, 0.25) is 5.91 Å². The number of methoxy groups -OCH3 is 1. The lowest BCUT2D eigenvalue weighted by Gasteiger charge is -2.23. The predicted octanol–water partition coefficient (Wildman–Crippen LogP) is 1.55. The van der Waals surface area contributed by atoms with E-state index in [9.17, 15) is 4.79 Å². The molecule has 2 fully saturated rings. The number of nitrogens with zero attached hydrogens (tertiary/aromatic N) is 1. The van der Waals surface area contributed by atoms with Crippen LogP contribution in [0.3, 0.4) is 0 Å². The van der Waals surface area contributed by atoms with Gasteiger partial charge in [-0.1, -0.05) is 12.8 Å². The molecule has 0 radical (unpaired) electrons. The minimum atomic E-state index is 0.263. The SMILES string of the molecule is COC1CCCC1NCC(=O)N1CCCCCC1. The maximum absolute atomic E-state index is 12.1.